The van der Waals surface area contributed by atoms with Crippen molar-refractivity contribution in [3.63, 3.8) is 0 Å². The fourth-order valence-electron chi connectivity index (χ4n) is 3.44. The van der Waals surface area contributed by atoms with Gasteiger partial charge in [-0.25, -0.2) is 9.59 Å². The van der Waals surface area contributed by atoms with Gasteiger partial charge in [0, 0.05) is 18.4 Å². The van der Waals surface area contributed by atoms with Gasteiger partial charge in [-0.1, -0.05) is 6.92 Å². The Hall–Kier alpha value is -3.09. The van der Waals surface area contributed by atoms with Crippen LogP contribution in [0.15, 0.2) is 36.5 Å². The van der Waals surface area contributed by atoms with E-state index in [9.17, 15) is 9.59 Å². The van der Waals surface area contributed by atoms with E-state index in [-0.39, 0.29) is 18.2 Å². The molecule has 0 radical (unpaired) electrons. The summed E-state index contributed by atoms with van der Waals surface area (Å²) in [6.45, 7) is 4.65. The molecule has 2 aromatic rings. The molecule has 1 aliphatic rings. The number of ether oxygens (including phenoxy) is 1. The highest BCUT2D eigenvalue weighted by molar-refractivity contribution is 5.92. The third kappa shape index (κ3) is 4.42. The molecule has 148 valence electrons. The Balaban J connectivity index is 1.70. The van der Waals surface area contributed by atoms with E-state index >= 15 is 0 Å². The van der Waals surface area contributed by atoms with E-state index in [1.807, 2.05) is 38.1 Å². The maximum Gasteiger partial charge on any atom is 0.414 e. The normalized spacial score (nSPS) is 14.0. The van der Waals surface area contributed by atoms with Crippen molar-refractivity contribution in [2.75, 3.05) is 23.9 Å². The number of nitrogens with one attached hydrogen (secondary N) is 2. The van der Waals surface area contributed by atoms with Crippen LogP contribution in [0.1, 0.15) is 42.6 Å². The second-order valence-corrected chi connectivity index (χ2v) is 6.89. The molecule has 1 aromatic carbocycles. The smallest absolute Gasteiger partial charge is 0.414 e. The van der Waals surface area contributed by atoms with Crippen LogP contribution in [-0.4, -0.2) is 30.8 Å². The number of carbonyl (C=O) groups is 2. The largest absolute Gasteiger partial charge is 0.452 e. The van der Waals surface area contributed by atoms with Gasteiger partial charge in [0.05, 0.1) is 24.5 Å². The molecular weight excluding hydrogens is 356 g/mol. The van der Waals surface area contributed by atoms with Crippen LogP contribution in [0.5, 0.6) is 0 Å². The molecule has 3 amide bonds. The number of aromatic nitrogens is 1. The summed E-state index contributed by atoms with van der Waals surface area (Å²) in [6.07, 6.45) is 3.83. The van der Waals surface area contributed by atoms with E-state index in [2.05, 4.69) is 15.6 Å². The van der Waals surface area contributed by atoms with Crippen molar-refractivity contribution in [1.29, 1.82) is 0 Å². The van der Waals surface area contributed by atoms with Gasteiger partial charge in [0.25, 0.3) is 0 Å². The number of pyridine rings is 1. The summed E-state index contributed by atoms with van der Waals surface area (Å²) < 4.78 is 4.85. The molecular formula is C21H26N4O3. The summed E-state index contributed by atoms with van der Waals surface area (Å²) in [5.41, 5.74) is 4.49. The third-order valence-corrected chi connectivity index (χ3v) is 4.86. The van der Waals surface area contributed by atoms with Crippen molar-refractivity contribution in [3.8, 4) is 0 Å². The standard InChI is InChI=1S/C21H26N4O3/c1-4-17(18-12-14(2)9-10-22-18)24-20(26)23-16-7-8-19-15(13-16)6-5-11-25(19)21(27)28-3/h7-10,12-13,17H,4-6,11H2,1-3H3,(H2,23,24,26)/t17-/m0/s1. The number of anilines is 2. The lowest BCUT2D eigenvalue weighted by atomic mass is 10.0. The number of nitrogens with zero attached hydrogens (tertiary/aromatic N) is 2. The molecule has 0 saturated carbocycles. The summed E-state index contributed by atoms with van der Waals surface area (Å²) in [5, 5.41) is 5.86. The van der Waals surface area contributed by atoms with E-state index in [1.165, 1.54) is 7.11 Å². The van der Waals surface area contributed by atoms with Gasteiger partial charge in [-0.2, -0.15) is 0 Å². The number of hydrogen-bond acceptors (Lipinski definition) is 4. The Morgan fingerprint density at radius 3 is 2.82 bits per heavy atom. The van der Waals surface area contributed by atoms with Crippen molar-refractivity contribution >= 4 is 23.5 Å². The van der Waals surface area contributed by atoms with E-state index in [4.69, 9.17) is 4.74 Å². The second-order valence-electron chi connectivity index (χ2n) is 6.89. The number of aryl methyl sites for hydroxylation is 2. The van der Waals surface area contributed by atoms with E-state index < -0.39 is 0 Å². The molecule has 0 spiro atoms. The molecule has 2 N–H and O–H groups in total. The Bertz CT molecular complexity index is 868. The SMILES string of the molecule is CC[C@H](NC(=O)Nc1ccc2c(c1)CCCN2C(=O)OC)c1cc(C)ccn1. The quantitative estimate of drug-likeness (QED) is 0.831. The second kappa shape index (κ2) is 8.73. The topological polar surface area (TPSA) is 83.6 Å². The van der Waals surface area contributed by atoms with Crippen LogP contribution in [0.2, 0.25) is 0 Å². The molecule has 0 bridgehead atoms. The van der Waals surface area contributed by atoms with Crippen molar-refractivity contribution in [2.24, 2.45) is 0 Å². The van der Waals surface area contributed by atoms with Crippen LogP contribution >= 0.6 is 0 Å². The Morgan fingerprint density at radius 1 is 1.29 bits per heavy atom. The summed E-state index contributed by atoms with van der Waals surface area (Å²) in [6, 6.07) is 9.03. The van der Waals surface area contributed by atoms with Crippen molar-refractivity contribution in [2.45, 2.75) is 39.2 Å². The summed E-state index contributed by atoms with van der Waals surface area (Å²) in [5.74, 6) is 0. The molecule has 7 nitrogen and oxygen atoms in total. The van der Waals surface area contributed by atoms with Crippen LogP contribution < -0.4 is 15.5 Å². The van der Waals surface area contributed by atoms with Crippen LogP contribution in [0.3, 0.4) is 0 Å². The van der Waals surface area contributed by atoms with Gasteiger partial charge in [-0.05, 0) is 67.6 Å². The molecule has 0 aliphatic carbocycles. The lowest BCUT2D eigenvalue weighted by Gasteiger charge is -2.28. The van der Waals surface area contributed by atoms with Crippen molar-refractivity contribution in [1.82, 2.24) is 10.3 Å². The van der Waals surface area contributed by atoms with Crippen molar-refractivity contribution < 1.29 is 14.3 Å². The number of urea groups is 1. The molecule has 0 saturated heterocycles. The molecule has 0 fully saturated rings. The van der Waals surface area contributed by atoms with Crippen LogP contribution in [-0.2, 0) is 11.2 Å². The molecule has 0 unspecified atom stereocenters. The Morgan fingerprint density at radius 2 is 2.11 bits per heavy atom. The molecule has 1 aromatic heterocycles. The van der Waals surface area contributed by atoms with Gasteiger partial charge >= 0.3 is 12.1 Å². The van der Waals surface area contributed by atoms with Gasteiger partial charge in [0.2, 0.25) is 0 Å². The van der Waals surface area contributed by atoms with E-state index in [1.54, 1.807) is 17.2 Å². The number of carbonyl (C=O) groups excluding carboxylic acids is 2. The summed E-state index contributed by atoms with van der Waals surface area (Å²) >= 11 is 0. The first kappa shape index (κ1) is 19.7. The summed E-state index contributed by atoms with van der Waals surface area (Å²) in [4.78, 5) is 30.4. The maximum absolute atomic E-state index is 12.5. The number of hydrogen-bond donors (Lipinski definition) is 2. The Labute approximate surface area is 165 Å². The molecule has 2 heterocycles. The minimum atomic E-state index is -0.365. The number of rotatable bonds is 4. The number of methoxy groups -OCH3 is 1. The molecule has 1 aliphatic heterocycles. The minimum absolute atomic E-state index is 0.160. The van der Waals surface area contributed by atoms with Crippen LogP contribution in [0, 0.1) is 6.92 Å². The third-order valence-electron chi connectivity index (χ3n) is 4.86. The highest BCUT2D eigenvalue weighted by Gasteiger charge is 2.23. The number of amides is 3. The highest BCUT2D eigenvalue weighted by Crippen LogP contribution is 2.30. The molecule has 7 heteroatoms. The van der Waals surface area contributed by atoms with Gasteiger partial charge in [-0.15, -0.1) is 0 Å². The van der Waals surface area contributed by atoms with E-state index in [0.29, 0.717) is 12.2 Å². The molecule has 3 rings (SSSR count). The molecule has 1 atom stereocenters. The fourth-order valence-corrected chi connectivity index (χ4v) is 3.44. The van der Waals surface area contributed by atoms with Gasteiger partial charge in [0.1, 0.15) is 0 Å². The van der Waals surface area contributed by atoms with Gasteiger partial charge < -0.3 is 15.4 Å². The Kier molecular flexibility index (Phi) is 6.13. The molecule has 28 heavy (non-hydrogen) atoms. The zero-order chi connectivity index (χ0) is 20.1. The fraction of sp³-hybridized carbons (Fsp3) is 0.381. The minimum Gasteiger partial charge on any atom is -0.452 e. The van der Waals surface area contributed by atoms with Crippen LogP contribution in [0.25, 0.3) is 0 Å². The van der Waals surface area contributed by atoms with Gasteiger partial charge in [-0.3, -0.25) is 9.88 Å². The first-order chi connectivity index (χ1) is 13.5. The zero-order valence-electron chi connectivity index (χ0n) is 16.5. The average Bonchev–Trinajstić information content (AvgIpc) is 2.70. The predicted molar refractivity (Wildman–Crippen MR) is 109 cm³/mol. The summed E-state index contributed by atoms with van der Waals surface area (Å²) in [7, 11) is 1.38. The zero-order valence-corrected chi connectivity index (χ0v) is 16.5. The van der Waals surface area contributed by atoms with Crippen molar-refractivity contribution in [3.05, 3.63) is 53.3 Å². The highest BCUT2D eigenvalue weighted by atomic mass is 16.5. The first-order valence-electron chi connectivity index (χ1n) is 9.50. The number of benzene rings is 1. The maximum atomic E-state index is 12.5. The van der Waals surface area contributed by atoms with E-state index in [0.717, 1.165) is 41.8 Å². The van der Waals surface area contributed by atoms with Crippen LogP contribution in [0.4, 0.5) is 21.0 Å². The lowest BCUT2D eigenvalue weighted by Crippen LogP contribution is -2.35. The average molecular weight is 382 g/mol. The predicted octanol–water partition coefficient (Wildman–Crippen LogP) is 4.18. The number of fused-ring (bicyclic) bond motifs is 1. The monoisotopic (exact) mass is 382 g/mol. The van der Waals surface area contributed by atoms with Gasteiger partial charge in [0.15, 0.2) is 0 Å². The lowest BCUT2D eigenvalue weighted by molar-refractivity contribution is 0.178. The first-order valence-corrected chi connectivity index (χ1v) is 9.50.